The molecule has 2 rings (SSSR count). The second kappa shape index (κ2) is 12.5. The number of carbonyl (C=O) groups is 1. The summed E-state index contributed by atoms with van der Waals surface area (Å²) < 4.78 is 28.0. The van der Waals surface area contributed by atoms with E-state index in [4.69, 9.17) is 9.88 Å². The molecule has 170 valence electrons. The zero-order valence-corrected chi connectivity index (χ0v) is 20.8. The molecule has 0 spiro atoms. The fraction of sp³-hybridized carbons (Fsp3) is 0.300. The summed E-state index contributed by atoms with van der Waals surface area (Å²) in [6, 6.07) is 13.8. The first kappa shape index (κ1) is 26.7. The maximum atomic E-state index is 11.9. The third-order valence-corrected chi connectivity index (χ3v) is 5.10. The zero-order chi connectivity index (χ0) is 22.1. The van der Waals surface area contributed by atoms with Crippen molar-refractivity contribution >= 4 is 45.9 Å². The highest BCUT2D eigenvalue weighted by molar-refractivity contribution is 14.0. The number of aliphatic imine (C=N–C) groups is 1. The van der Waals surface area contributed by atoms with E-state index in [0.29, 0.717) is 19.0 Å². The van der Waals surface area contributed by atoms with Gasteiger partial charge in [0, 0.05) is 20.6 Å². The summed E-state index contributed by atoms with van der Waals surface area (Å²) in [6.07, 6.45) is 0. The number of hydrogen-bond donors (Lipinski definition) is 3. The second-order valence-corrected chi connectivity index (χ2v) is 8.26. The molecule has 1 amide bonds. The van der Waals surface area contributed by atoms with Crippen molar-refractivity contribution < 1.29 is 17.9 Å². The maximum Gasteiger partial charge on any atom is 0.241 e. The number of nitrogens with zero attached hydrogens (tertiary/aromatic N) is 2. The van der Waals surface area contributed by atoms with E-state index in [-0.39, 0.29) is 41.3 Å². The first-order valence-corrected chi connectivity index (χ1v) is 10.7. The van der Waals surface area contributed by atoms with E-state index in [1.165, 1.54) is 17.0 Å². The Kier molecular flexibility index (Phi) is 10.7. The van der Waals surface area contributed by atoms with Gasteiger partial charge in [-0.3, -0.25) is 4.79 Å². The lowest BCUT2D eigenvalue weighted by Gasteiger charge is -2.15. The molecule has 9 nitrogen and oxygen atoms in total. The summed E-state index contributed by atoms with van der Waals surface area (Å²) in [6.45, 7) is 0.847. The number of likely N-dealkylation sites (N-methyl/N-ethyl adjacent to an activating group) is 1. The number of sulfonamides is 1. The Morgan fingerprint density at radius 3 is 2.35 bits per heavy atom. The standard InChI is InChI=1S/C20H27N5O4S.HI/c1-25(2)19(26)14-24-20(23-13-16-5-4-6-17(11-16)29-3)22-12-15-7-9-18(10-8-15)30(21,27)28;/h4-11H,12-14H2,1-3H3,(H2,21,27,28)(H2,22,23,24);1H. The molecule has 0 aromatic heterocycles. The number of rotatable bonds is 8. The first-order chi connectivity index (χ1) is 14.2. The van der Waals surface area contributed by atoms with Crippen LogP contribution in [-0.2, 0) is 27.9 Å². The van der Waals surface area contributed by atoms with Gasteiger partial charge >= 0.3 is 0 Å². The Labute approximate surface area is 200 Å². The molecule has 11 heteroatoms. The average molecular weight is 561 g/mol. The zero-order valence-electron chi connectivity index (χ0n) is 17.7. The third-order valence-electron chi connectivity index (χ3n) is 4.17. The summed E-state index contributed by atoms with van der Waals surface area (Å²) in [7, 11) is 1.23. The Hall–Kier alpha value is -2.38. The minimum Gasteiger partial charge on any atom is -0.497 e. The molecule has 0 aliphatic carbocycles. The van der Waals surface area contributed by atoms with E-state index in [1.807, 2.05) is 24.3 Å². The number of guanidine groups is 1. The van der Waals surface area contributed by atoms with Crippen molar-refractivity contribution in [2.45, 2.75) is 18.0 Å². The van der Waals surface area contributed by atoms with Crippen molar-refractivity contribution in [1.29, 1.82) is 0 Å². The molecule has 0 aliphatic rings. The predicted molar refractivity (Wildman–Crippen MR) is 131 cm³/mol. The van der Waals surface area contributed by atoms with Gasteiger partial charge in [0.1, 0.15) is 5.75 Å². The van der Waals surface area contributed by atoms with Gasteiger partial charge in [-0.25, -0.2) is 18.5 Å². The van der Waals surface area contributed by atoms with Gasteiger partial charge in [0.05, 0.1) is 25.1 Å². The topological polar surface area (TPSA) is 126 Å². The number of hydrogen-bond acceptors (Lipinski definition) is 5. The molecule has 0 bridgehead atoms. The first-order valence-electron chi connectivity index (χ1n) is 9.16. The molecule has 0 fully saturated rings. The molecule has 0 aliphatic heterocycles. The van der Waals surface area contributed by atoms with Gasteiger partial charge in [-0.05, 0) is 35.4 Å². The van der Waals surface area contributed by atoms with Crippen LogP contribution in [0.3, 0.4) is 0 Å². The second-order valence-electron chi connectivity index (χ2n) is 6.70. The van der Waals surface area contributed by atoms with Gasteiger partial charge in [-0.15, -0.1) is 24.0 Å². The maximum absolute atomic E-state index is 11.9. The number of halogens is 1. The molecule has 0 saturated carbocycles. The number of primary sulfonamides is 1. The molecule has 4 N–H and O–H groups in total. The number of nitrogens with two attached hydrogens (primary N) is 1. The summed E-state index contributed by atoms with van der Waals surface area (Å²) in [4.78, 5) is 18.0. The Morgan fingerprint density at radius 1 is 1.10 bits per heavy atom. The van der Waals surface area contributed by atoms with Crippen molar-refractivity contribution in [3.05, 3.63) is 59.7 Å². The van der Waals surface area contributed by atoms with Crippen LogP contribution in [0, 0.1) is 0 Å². The van der Waals surface area contributed by atoms with Crippen LogP contribution < -0.4 is 20.5 Å². The summed E-state index contributed by atoms with van der Waals surface area (Å²) in [5.41, 5.74) is 1.78. The van der Waals surface area contributed by atoms with Crippen LogP contribution in [-0.4, -0.2) is 52.9 Å². The van der Waals surface area contributed by atoms with E-state index < -0.39 is 10.0 Å². The van der Waals surface area contributed by atoms with Crippen molar-refractivity contribution in [3.63, 3.8) is 0 Å². The van der Waals surface area contributed by atoms with Gasteiger partial charge in [0.2, 0.25) is 15.9 Å². The quantitative estimate of drug-likeness (QED) is 0.253. The number of ether oxygens (including phenoxy) is 1. The molecule has 0 unspecified atom stereocenters. The van der Waals surface area contributed by atoms with Crippen molar-refractivity contribution in [2.75, 3.05) is 27.7 Å². The highest BCUT2D eigenvalue weighted by Gasteiger charge is 2.08. The Balaban J connectivity index is 0.00000480. The normalized spacial score (nSPS) is 11.3. The highest BCUT2D eigenvalue weighted by Crippen LogP contribution is 2.13. The van der Waals surface area contributed by atoms with Gasteiger partial charge in [-0.1, -0.05) is 24.3 Å². The van der Waals surface area contributed by atoms with Crippen LogP contribution in [0.1, 0.15) is 11.1 Å². The molecule has 31 heavy (non-hydrogen) atoms. The molecule has 0 saturated heterocycles. The number of carbonyl (C=O) groups excluding carboxylic acids is 1. The fourth-order valence-electron chi connectivity index (χ4n) is 2.42. The lowest BCUT2D eigenvalue weighted by atomic mass is 10.2. The van der Waals surface area contributed by atoms with E-state index in [1.54, 1.807) is 33.3 Å². The lowest BCUT2D eigenvalue weighted by Crippen LogP contribution is -2.42. The third kappa shape index (κ3) is 9.11. The summed E-state index contributed by atoms with van der Waals surface area (Å²) in [5, 5.41) is 11.3. The van der Waals surface area contributed by atoms with E-state index in [2.05, 4.69) is 15.6 Å². The minimum absolute atomic E-state index is 0. The summed E-state index contributed by atoms with van der Waals surface area (Å²) in [5.74, 6) is 1.09. The average Bonchev–Trinajstić information content (AvgIpc) is 2.72. The fourth-order valence-corrected chi connectivity index (χ4v) is 2.93. The largest absolute Gasteiger partial charge is 0.497 e. The van der Waals surface area contributed by atoms with Gasteiger partial charge in [0.15, 0.2) is 5.96 Å². The van der Waals surface area contributed by atoms with Crippen LogP contribution >= 0.6 is 24.0 Å². The molecule has 2 aromatic rings. The number of benzene rings is 2. The summed E-state index contributed by atoms with van der Waals surface area (Å²) >= 11 is 0. The smallest absolute Gasteiger partial charge is 0.241 e. The van der Waals surface area contributed by atoms with Gasteiger partial charge in [-0.2, -0.15) is 0 Å². The van der Waals surface area contributed by atoms with Crippen LogP contribution in [0.2, 0.25) is 0 Å². The molecule has 0 radical (unpaired) electrons. The van der Waals surface area contributed by atoms with Gasteiger partial charge in [0.25, 0.3) is 0 Å². The molecule has 2 aromatic carbocycles. The minimum atomic E-state index is -3.73. The number of methoxy groups -OCH3 is 1. The molecule has 0 heterocycles. The van der Waals surface area contributed by atoms with Crippen LogP contribution in [0.5, 0.6) is 5.75 Å². The van der Waals surface area contributed by atoms with E-state index in [9.17, 15) is 13.2 Å². The van der Waals surface area contributed by atoms with E-state index in [0.717, 1.165) is 16.9 Å². The molecular weight excluding hydrogens is 533 g/mol. The predicted octanol–water partition coefficient (Wildman–Crippen LogP) is 1.28. The lowest BCUT2D eigenvalue weighted by molar-refractivity contribution is -0.127. The monoisotopic (exact) mass is 561 g/mol. The van der Waals surface area contributed by atoms with Crippen LogP contribution in [0.25, 0.3) is 0 Å². The molecule has 0 atom stereocenters. The van der Waals surface area contributed by atoms with Gasteiger partial charge < -0.3 is 20.3 Å². The SMILES string of the molecule is COc1cccc(CN=C(NCC(=O)N(C)C)NCc2ccc(S(N)(=O)=O)cc2)c1.I. The number of nitrogens with one attached hydrogen (secondary N) is 2. The van der Waals surface area contributed by atoms with Crippen molar-refractivity contribution in [3.8, 4) is 5.75 Å². The van der Waals surface area contributed by atoms with Crippen LogP contribution in [0.15, 0.2) is 58.4 Å². The Bertz CT molecular complexity index is 995. The Morgan fingerprint density at radius 2 is 1.77 bits per heavy atom. The van der Waals surface area contributed by atoms with Crippen LogP contribution in [0.4, 0.5) is 0 Å². The van der Waals surface area contributed by atoms with Crippen molar-refractivity contribution in [1.82, 2.24) is 15.5 Å². The van der Waals surface area contributed by atoms with Crippen molar-refractivity contribution in [2.24, 2.45) is 10.1 Å². The number of amides is 1. The molecular formula is C20H28IN5O4S. The van der Waals surface area contributed by atoms with E-state index >= 15 is 0 Å². The highest BCUT2D eigenvalue weighted by atomic mass is 127.